The van der Waals surface area contributed by atoms with Crippen LogP contribution in [0.15, 0.2) is 24.3 Å². The van der Waals surface area contributed by atoms with E-state index in [1.165, 1.54) is 12.8 Å². The lowest BCUT2D eigenvalue weighted by Crippen LogP contribution is -2.31. The summed E-state index contributed by atoms with van der Waals surface area (Å²) in [5.41, 5.74) is 7.38. The highest BCUT2D eigenvalue weighted by molar-refractivity contribution is 5.36. The van der Waals surface area contributed by atoms with E-state index >= 15 is 0 Å². The third kappa shape index (κ3) is 2.79. The van der Waals surface area contributed by atoms with Gasteiger partial charge in [-0.05, 0) is 31.7 Å². The van der Waals surface area contributed by atoms with Gasteiger partial charge in [0, 0.05) is 12.2 Å². The maximum absolute atomic E-state index is 6.34. The van der Waals surface area contributed by atoms with Crippen LogP contribution in [-0.4, -0.2) is 19.8 Å². The van der Waals surface area contributed by atoms with Gasteiger partial charge >= 0.3 is 0 Å². The van der Waals surface area contributed by atoms with Crippen molar-refractivity contribution in [1.82, 2.24) is 0 Å². The molecule has 2 atom stereocenters. The average Bonchev–Trinajstić information content (AvgIpc) is 3.19. The lowest BCUT2D eigenvalue weighted by Gasteiger charge is -2.25. The molecule has 17 heavy (non-hydrogen) atoms. The summed E-state index contributed by atoms with van der Waals surface area (Å²) >= 11 is 0. The average molecular weight is 235 g/mol. The first kappa shape index (κ1) is 12.4. The van der Waals surface area contributed by atoms with Crippen molar-refractivity contribution in [2.24, 2.45) is 11.7 Å². The van der Waals surface area contributed by atoms with Gasteiger partial charge in [0.15, 0.2) is 0 Å². The molecule has 1 aromatic carbocycles. The number of nitrogens with two attached hydrogens (primary N) is 1. The van der Waals surface area contributed by atoms with E-state index in [2.05, 4.69) is 0 Å². The number of methoxy groups -OCH3 is 1. The van der Waals surface area contributed by atoms with Crippen molar-refractivity contribution < 1.29 is 9.47 Å². The first-order valence-electron chi connectivity index (χ1n) is 6.28. The highest BCUT2D eigenvalue weighted by atomic mass is 16.5. The van der Waals surface area contributed by atoms with E-state index in [0.29, 0.717) is 12.5 Å². The standard InChI is InChI=1S/C14H21NO2/c1-3-17-14(10-8-9-10)13(15)11-6-4-5-7-12(11)16-2/h4-7,10,13-14H,3,8-9,15H2,1-2H3. The van der Waals surface area contributed by atoms with Crippen LogP contribution >= 0.6 is 0 Å². The van der Waals surface area contributed by atoms with E-state index in [-0.39, 0.29) is 12.1 Å². The fraction of sp³-hybridized carbons (Fsp3) is 0.571. The molecule has 3 nitrogen and oxygen atoms in total. The fourth-order valence-electron chi connectivity index (χ4n) is 2.27. The van der Waals surface area contributed by atoms with Crippen LogP contribution in [-0.2, 0) is 4.74 Å². The molecular formula is C14H21NO2. The smallest absolute Gasteiger partial charge is 0.123 e. The van der Waals surface area contributed by atoms with Gasteiger partial charge in [0.25, 0.3) is 0 Å². The predicted octanol–water partition coefficient (Wildman–Crippen LogP) is 2.51. The third-order valence-corrected chi connectivity index (χ3v) is 3.30. The van der Waals surface area contributed by atoms with Crippen molar-refractivity contribution in [3.8, 4) is 5.75 Å². The minimum absolute atomic E-state index is 0.0985. The number of hydrogen-bond donors (Lipinski definition) is 1. The van der Waals surface area contributed by atoms with E-state index in [9.17, 15) is 0 Å². The number of benzene rings is 1. The molecule has 2 N–H and O–H groups in total. The van der Waals surface area contributed by atoms with Crippen LogP contribution in [0.25, 0.3) is 0 Å². The van der Waals surface area contributed by atoms with Gasteiger partial charge in [-0.15, -0.1) is 0 Å². The first-order valence-corrected chi connectivity index (χ1v) is 6.28. The van der Waals surface area contributed by atoms with Crippen LogP contribution in [0.1, 0.15) is 31.4 Å². The number of rotatable bonds is 6. The second-order valence-corrected chi connectivity index (χ2v) is 4.53. The zero-order valence-electron chi connectivity index (χ0n) is 10.6. The molecule has 0 bridgehead atoms. The Morgan fingerprint density at radius 2 is 2.06 bits per heavy atom. The molecule has 2 rings (SSSR count). The molecule has 0 saturated heterocycles. The van der Waals surface area contributed by atoms with E-state index in [4.69, 9.17) is 15.2 Å². The minimum atomic E-state index is -0.0985. The summed E-state index contributed by atoms with van der Waals surface area (Å²) < 4.78 is 11.2. The fourth-order valence-corrected chi connectivity index (χ4v) is 2.27. The normalized spacial score (nSPS) is 18.8. The Bertz CT molecular complexity index is 363. The molecule has 0 heterocycles. The van der Waals surface area contributed by atoms with Crippen LogP contribution in [0.4, 0.5) is 0 Å². The summed E-state index contributed by atoms with van der Waals surface area (Å²) in [7, 11) is 1.68. The third-order valence-electron chi connectivity index (χ3n) is 3.30. The molecule has 0 amide bonds. The van der Waals surface area contributed by atoms with Crippen molar-refractivity contribution in [2.75, 3.05) is 13.7 Å². The molecule has 1 aliphatic carbocycles. The molecule has 3 heteroatoms. The van der Waals surface area contributed by atoms with E-state index in [1.54, 1.807) is 7.11 Å². The van der Waals surface area contributed by atoms with E-state index in [1.807, 2.05) is 31.2 Å². The minimum Gasteiger partial charge on any atom is -0.496 e. The number of hydrogen-bond acceptors (Lipinski definition) is 3. The predicted molar refractivity (Wildman–Crippen MR) is 68.1 cm³/mol. The Morgan fingerprint density at radius 3 is 2.65 bits per heavy atom. The quantitative estimate of drug-likeness (QED) is 0.824. The Morgan fingerprint density at radius 1 is 1.35 bits per heavy atom. The zero-order chi connectivity index (χ0) is 12.3. The summed E-state index contributed by atoms with van der Waals surface area (Å²) in [4.78, 5) is 0. The molecule has 0 aliphatic heterocycles. The highest BCUT2D eigenvalue weighted by Crippen LogP contribution is 2.40. The Balaban J connectivity index is 2.18. The molecule has 0 radical (unpaired) electrons. The molecule has 0 spiro atoms. The molecule has 1 aromatic rings. The van der Waals surface area contributed by atoms with Crippen molar-refractivity contribution >= 4 is 0 Å². The Kier molecular flexibility index (Phi) is 4.02. The Hall–Kier alpha value is -1.06. The van der Waals surface area contributed by atoms with Crippen LogP contribution < -0.4 is 10.5 Å². The number of para-hydroxylation sites is 1. The van der Waals surface area contributed by atoms with Crippen LogP contribution in [0.3, 0.4) is 0 Å². The van der Waals surface area contributed by atoms with Crippen LogP contribution in [0.2, 0.25) is 0 Å². The van der Waals surface area contributed by atoms with E-state index < -0.39 is 0 Å². The van der Waals surface area contributed by atoms with Gasteiger partial charge in [-0.25, -0.2) is 0 Å². The lowest BCUT2D eigenvalue weighted by atomic mass is 9.98. The van der Waals surface area contributed by atoms with Crippen LogP contribution in [0.5, 0.6) is 5.75 Å². The Labute approximate surface area is 103 Å². The molecule has 94 valence electrons. The second kappa shape index (κ2) is 5.52. The lowest BCUT2D eigenvalue weighted by molar-refractivity contribution is 0.0278. The van der Waals surface area contributed by atoms with E-state index in [0.717, 1.165) is 11.3 Å². The maximum atomic E-state index is 6.34. The van der Waals surface area contributed by atoms with Gasteiger partial charge in [0.1, 0.15) is 5.75 Å². The highest BCUT2D eigenvalue weighted by Gasteiger charge is 2.37. The SMILES string of the molecule is CCOC(C1CC1)C(N)c1ccccc1OC. The summed E-state index contributed by atoms with van der Waals surface area (Å²) in [5.74, 6) is 1.47. The molecule has 1 fully saturated rings. The molecule has 1 saturated carbocycles. The van der Waals surface area contributed by atoms with Gasteiger partial charge in [-0.2, -0.15) is 0 Å². The van der Waals surface area contributed by atoms with Crippen molar-refractivity contribution in [2.45, 2.75) is 31.9 Å². The van der Waals surface area contributed by atoms with Gasteiger partial charge in [-0.1, -0.05) is 18.2 Å². The van der Waals surface area contributed by atoms with Gasteiger partial charge in [0.05, 0.1) is 19.3 Å². The summed E-state index contributed by atoms with van der Waals surface area (Å²) in [6, 6.07) is 7.83. The summed E-state index contributed by atoms with van der Waals surface area (Å²) in [6.45, 7) is 2.73. The summed E-state index contributed by atoms with van der Waals surface area (Å²) in [5, 5.41) is 0. The van der Waals surface area contributed by atoms with Gasteiger partial charge in [0.2, 0.25) is 0 Å². The molecule has 1 aliphatic rings. The molecule has 2 unspecified atom stereocenters. The zero-order valence-corrected chi connectivity index (χ0v) is 10.6. The first-order chi connectivity index (χ1) is 8.27. The van der Waals surface area contributed by atoms with Gasteiger partial charge in [-0.3, -0.25) is 0 Å². The topological polar surface area (TPSA) is 44.5 Å². The second-order valence-electron chi connectivity index (χ2n) is 4.53. The van der Waals surface area contributed by atoms with Crippen molar-refractivity contribution in [3.63, 3.8) is 0 Å². The maximum Gasteiger partial charge on any atom is 0.123 e. The molecular weight excluding hydrogens is 214 g/mol. The number of ether oxygens (including phenoxy) is 2. The largest absolute Gasteiger partial charge is 0.496 e. The monoisotopic (exact) mass is 235 g/mol. The van der Waals surface area contributed by atoms with Gasteiger partial charge < -0.3 is 15.2 Å². The van der Waals surface area contributed by atoms with Crippen LogP contribution in [0, 0.1) is 5.92 Å². The summed E-state index contributed by atoms with van der Waals surface area (Å²) in [6.07, 6.45) is 2.58. The van der Waals surface area contributed by atoms with Crippen molar-refractivity contribution in [1.29, 1.82) is 0 Å². The molecule has 0 aromatic heterocycles. The van der Waals surface area contributed by atoms with Crippen molar-refractivity contribution in [3.05, 3.63) is 29.8 Å².